The number of carbonyl (C=O) groups excluding carboxylic acids is 1. The van der Waals surface area contributed by atoms with E-state index in [1.54, 1.807) is 0 Å². The standard InChI is InChI=1S/C26H26O2/c1-16(2)19-10-12-20(13-11-19)22-15-28-26-23(22)17(3)14-18(4)24(26)25(27)21-8-6-5-7-9-21/h5-14,16,22H,15H2,1-4H3/t22-/m1/s1. The molecule has 0 saturated carbocycles. The van der Waals surface area contributed by atoms with Gasteiger partial charge in [0.25, 0.3) is 0 Å². The van der Waals surface area contributed by atoms with E-state index >= 15 is 0 Å². The summed E-state index contributed by atoms with van der Waals surface area (Å²) in [6.45, 7) is 9.11. The van der Waals surface area contributed by atoms with Crippen LogP contribution in [0.1, 0.15) is 69.4 Å². The van der Waals surface area contributed by atoms with Crippen molar-refractivity contribution >= 4 is 5.78 Å². The van der Waals surface area contributed by atoms with Gasteiger partial charge in [-0.05, 0) is 42.0 Å². The molecule has 28 heavy (non-hydrogen) atoms. The van der Waals surface area contributed by atoms with Crippen molar-refractivity contribution in [2.75, 3.05) is 6.61 Å². The molecule has 1 atom stereocenters. The first kappa shape index (κ1) is 18.5. The van der Waals surface area contributed by atoms with Gasteiger partial charge < -0.3 is 4.74 Å². The smallest absolute Gasteiger partial charge is 0.197 e. The molecule has 0 spiro atoms. The van der Waals surface area contributed by atoms with Gasteiger partial charge in [-0.2, -0.15) is 0 Å². The Hall–Kier alpha value is -2.87. The Labute approximate surface area is 167 Å². The highest BCUT2D eigenvalue weighted by Gasteiger charge is 2.33. The van der Waals surface area contributed by atoms with Gasteiger partial charge in [-0.3, -0.25) is 4.79 Å². The zero-order valence-corrected chi connectivity index (χ0v) is 17.0. The molecule has 1 aliphatic rings. The van der Waals surface area contributed by atoms with Gasteiger partial charge in [0, 0.05) is 17.0 Å². The molecule has 0 fully saturated rings. The van der Waals surface area contributed by atoms with Crippen molar-refractivity contribution in [3.05, 3.63) is 99.6 Å². The normalized spacial score (nSPS) is 15.4. The molecule has 0 saturated heterocycles. The number of hydrogen-bond donors (Lipinski definition) is 0. The summed E-state index contributed by atoms with van der Waals surface area (Å²) in [5, 5.41) is 0. The number of carbonyl (C=O) groups is 1. The zero-order chi connectivity index (χ0) is 19.8. The Morgan fingerprint density at radius 3 is 2.29 bits per heavy atom. The monoisotopic (exact) mass is 370 g/mol. The molecule has 0 aromatic heterocycles. The van der Waals surface area contributed by atoms with E-state index in [0.29, 0.717) is 23.7 Å². The predicted molar refractivity (Wildman–Crippen MR) is 114 cm³/mol. The molecule has 2 heteroatoms. The van der Waals surface area contributed by atoms with Gasteiger partial charge in [0.2, 0.25) is 0 Å². The van der Waals surface area contributed by atoms with Crippen molar-refractivity contribution in [1.82, 2.24) is 0 Å². The van der Waals surface area contributed by atoms with Crippen molar-refractivity contribution in [2.24, 2.45) is 0 Å². The first-order chi connectivity index (χ1) is 13.5. The molecule has 0 radical (unpaired) electrons. The van der Waals surface area contributed by atoms with Crippen LogP contribution in [-0.4, -0.2) is 12.4 Å². The SMILES string of the molecule is Cc1cc(C)c2c(c1C(=O)c1ccccc1)OC[C@@H]2c1ccc(C(C)C)cc1. The number of ether oxygens (including phenoxy) is 1. The fraction of sp³-hybridized carbons (Fsp3) is 0.269. The van der Waals surface area contributed by atoms with Crippen LogP contribution in [0.3, 0.4) is 0 Å². The Kier molecular flexibility index (Phi) is 4.80. The Morgan fingerprint density at radius 2 is 1.64 bits per heavy atom. The maximum atomic E-state index is 13.2. The van der Waals surface area contributed by atoms with E-state index in [9.17, 15) is 4.79 Å². The molecule has 1 aliphatic heterocycles. The number of hydrogen-bond acceptors (Lipinski definition) is 2. The van der Waals surface area contributed by atoms with E-state index in [1.807, 2.05) is 37.3 Å². The summed E-state index contributed by atoms with van der Waals surface area (Å²) >= 11 is 0. The number of rotatable bonds is 4. The quantitative estimate of drug-likeness (QED) is 0.512. The van der Waals surface area contributed by atoms with Crippen LogP contribution in [-0.2, 0) is 0 Å². The molecule has 0 aliphatic carbocycles. The number of aryl methyl sites for hydroxylation is 2. The average molecular weight is 370 g/mol. The van der Waals surface area contributed by atoms with E-state index < -0.39 is 0 Å². The van der Waals surface area contributed by atoms with Crippen molar-refractivity contribution in [2.45, 2.75) is 39.5 Å². The minimum Gasteiger partial charge on any atom is -0.491 e. The van der Waals surface area contributed by atoms with Crippen molar-refractivity contribution < 1.29 is 9.53 Å². The van der Waals surface area contributed by atoms with Crippen LogP contribution in [0, 0.1) is 13.8 Å². The third-order valence-corrected chi connectivity index (χ3v) is 5.74. The molecule has 3 aromatic carbocycles. The fourth-order valence-electron chi connectivity index (χ4n) is 4.19. The van der Waals surface area contributed by atoms with Gasteiger partial charge in [0.1, 0.15) is 5.75 Å². The lowest BCUT2D eigenvalue weighted by atomic mass is 9.85. The maximum absolute atomic E-state index is 13.2. The zero-order valence-electron chi connectivity index (χ0n) is 17.0. The molecule has 142 valence electrons. The van der Waals surface area contributed by atoms with Crippen molar-refractivity contribution in [3.63, 3.8) is 0 Å². The lowest BCUT2D eigenvalue weighted by molar-refractivity contribution is 0.103. The van der Waals surface area contributed by atoms with Gasteiger partial charge >= 0.3 is 0 Å². The second-order valence-electron chi connectivity index (χ2n) is 8.01. The topological polar surface area (TPSA) is 26.3 Å². The lowest BCUT2D eigenvalue weighted by Gasteiger charge is -2.16. The molecule has 2 nitrogen and oxygen atoms in total. The van der Waals surface area contributed by atoms with Crippen LogP contribution in [0.25, 0.3) is 0 Å². The van der Waals surface area contributed by atoms with Crippen LogP contribution in [0.2, 0.25) is 0 Å². The maximum Gasteiger partial charge on any atom is 0.197 e. The van der Waals surface area contributed by atoms with Gasteiger partial charge in [-0.15, -0.1) is 0 Å². The summed E-state index contributed by atoms with van der Waals surface area (Å²) in [6.07, 6.45) is 0. The number of ketones is 1. The first-order valence-electron chi connectivity index (χ1n) is 9.94. The van der Waals surface area contributed by atoms with E-state index in [-0.39, 0.29) is 11.7 Å². The average Bonchev–Trinajstić information content (AvgIpc) is 3.14. The van der Waals surface area contributed by atoms with Crippen LogP contribution in [0.15, 0.2) is 60.7 Å². The second-order valence-corrected chi connectivity index (χ2v) is 8.01. The Morgan fingerprint density at radius 1 is 0.964 bits per heavy atom. The highest BCUT2D eigenvalue weighted by molar-refractivity contribution is 6.12. The summed E-state index contributed by atoms with van der Waals surface area (Å²) < 4.78 is 6.16. The van der Waals surface area contributed by atoms with Gasteiger partial charge in [0.05, 0.1) is 12.2 Å². The van der Waals surface area contributed by atoms with Crippen molar-refractivity contribution in [3.8, 4) is 5.75 Å². The summed E-state index contributed by atoms with van der Waals surface area (Å²) in [4.78, 5) is 13.2. The molecule has 4 rings (SSSR count). The molecule has 0 bridgehead atoms. The Balaban J connectivity index is 1.79. The molecular weight excluding hydrogens is 344 g/mol. The summed E-state index contributed by atoms with van der Waals surface area (Å²) in [5.41, 5.74) is 7.30. The number of benzene rings is 3. The van der Waals surface area contributed by atoms with E-state index in [2.05, 4.69) is 51.1 Å². The van der Waals surface area contributed by atoms with E-state index in [4.69, 9.17) is 4.74 Å². The summed E-state index contributed by atoms with van der Waals surface area (Å²) in [5.74, 6) is 1.48. The molecular formula is C26H26O2. The lowest BCUT2D eigenvalue weighted by Crippen LogP contribution is -2.07. The van der Waals surface area contributed by atoms with Crippen LogP contribution < -0.4 is 4.74 Å². The Bertz CT molecular complexity index is 1010. The highest BCUT2D eigenvalue weighted by Crippen LogP contribution is 2.44. The van der Waals surface area contributed by atoms with Gasteiger partial charge in [-0.25, -0.2) is 0 Å². The third kappa shape index (κ3) is 3.13. The van der Waals surface area contributed by atoms with Crippen LogP contribution in [0.4, 0.5) is 0 Å². The van der Waals surface area contributed by atoms with E-state index in [1.165, 1.54) is 16.7 Å². The largest absolute Gasteiger partial charge is 0.491 e. The molecule has 3 aromatic rings. The summed E-state index contributed by atoms with van der Waals surface area (Å²) in [6, 6.07) is 20.4. The summed E-state index contributed by atoms with van der Waals surface area (Å²) in [7, 11) is 0. The molecule has 0 unspecified atom stereocenters. The minimum atomic E-state index is 0.0326. The van der Waals surface area contributed by atoms with Crippen LogP contribution >= 0.6 is 0 Å². The second kappa shape index (κ2) is 7.27. The predicted octanol–water partition coefficient (Wildman–Crippen LogP) is 6.18. The third-order valence-electron chi connectivity index (χ3n) is 5.74. The minimum absolute atomic E-state index is 0.0326. The van der Waals surface area contributed by atoms with Gasteiger partial charge in [-0.1, -0.05) is 74.5 Å². The molecule has 0 amide bonds. The number of fused-ring (bicyclic) bond motifs is 1. The fourth-order valence-corrected chi connectivity index (χ4v) is 4.19. The molecule has 0 N–H and O–H groups in total. The highest BCUT2D eigenvalue weighted by atomic mass is 16.5. The van der Waals surface area contributed by atoms with E-state index in [0.717, 1.165) is 16.9 Å². The molecule has 1 heterocycles. The van der Waals surface area contributed by atoms with Gasteiger partial charge in [0.15, 0.2) is 5.78 Å². The van der Waals surface area contributed by atoms with Crippen LogP contribution in [0.5, 0.6) is 5.75 Å². The van der Waals surface area contributed by atoms with Crippen molar-refractivity contribution in [1.29, 1.82) is 0 Å². The first-order valence-corrected chi connectivity index (χ1v) is 9.94.